The molecule has 0 bridgehead atoms. The highest BCUT2D eigenvalue weighted by Gasteiger charge is 2.34. The minimum absolute atomic E-state index is 0.332. The summed E-state index contributed by atoms with van der Waals surface area (Å²) in [7, 11) is 2.00. The van der Waals surface area contributed by atoms with E-state index in [9.17, 15) is 5.11 Å². The van der Waals surface area contributed by atoms with Crippen LogP contribution < -0.4 is 4.74 Å². The number of aromatic nitrogens is 2. The van der Waals surface area contributed by atoms with Gasteiger partial charge in [0, 0.05) is 26.3 Å². The molecule has 1 atom stereocenters. The maximum absolute atomic E-state index is 10.8. The minimum atomic E-state index is -0.785. The number of imidazole rings is 1. The molecule has 5 nitrogen and oxygen atoms in total. The van der Waals surface area contributed by atoms with Gasteiger partial charge in [0.2, 0.25) is 0 Å². The molecule has 1 aromatic carbocycles. The van der Waals surface area contributed by atoms with Crippen LogP contribution in [-0.2, 0) is 13.6 Å². The van der Waals surface area contributed by atoms with Crippen LogP contribution >= 0.6 is 0 Å². The Morgan fingerprint density at radius 1 is 1.32 bits per heavy atom. The van der Waals surface area contributed by atoms with Gasteiger partial charge in [0.1, 0.15) is 18.0 Å². The molecule has 3 rings (SSSR count). The van der Waals surface area contributed by atoms with Crippen molar-refractivity contribution in [2.45, 2.75) is 25.0 Å². The monoisotopic (exact) mass is 301 g/mol. The zero-order valence-electron chi connectivity index (χ0n) is 13.0. The molecule has 22 heavy (non-hydrogen) atoms. The van der Waals surface area contributed by atoms with E-state index in [2.05, 4.69) is 9.88 Å². The Labute approximate surface area is 131 Å². The van der Waals surface area contributed by atoms with E-state index in [0.29, 0.717) is 13.2 Å². The van der Waals surface area contributed by atoms with Gasteiger partial charge in [0.25, 0.3) is 0 Å². The van der Waals surface area contributed by atoms with Gasteiger partial charge in [0.15, 0.2) is 0 Å². The van der Waals surface area contributed by atoms with Crippen LogP contribution in [-0.4, -0.2) is 44.9 Å². The van der Waals surface area contributed by atoms with Gasteiger partial charge in [-0.2, -0.15) is 0 Å². The van der Waals surface area contributed by atoms with Crippen molar-refractivity contribution in [3.8, 4) is 5.75 Å². The summed E-state index contributed by atoms with van der Waals surface area (Å²) in [5.74, 6) is 0.805. The largest absolute Gasteiger partial charge is 0.491 e. The van der Waals surface area contributed by atoms with E-state index in [0.717, 1.165) is 37.4 Å². The lowest BCUT2D eigenvalue weighted by Gasteiger charge is -2.38. The van der Waals surface area contributed by atoms with E-state index in [1.807, 2.05) is 54.5 Å². The molecule has 1 aliphatic rings. The molecule has 1 fully saturated rings. The summed E-state index contributed by atoms with van der Waals surface area (Å²) < 4.78 is 7.78. The fourth-order valence-electron chi connectivity index (χ4n) is 2.96. The lowest BCUT2D eigenvalue weighted by Crippen LogP contribution is -2.51. The van der Waals surface area contributed by atoms with E-state index in [1.165, 1.54) is 0 Å². The Hall–Kier alpha value is -1.85. The average molecular weight is 301 g/mol. The molecule has 1 N–H and O–H groups in total. The molecule has 2 heterocycles. The van der Waals surface area contributed by atoms with Gasteiger partial charge in [-0.3, -0.25) is 4.90 Å². The first kappa shape index (κ1) is 15.1. The fourth-order valence-corrected chi connectivity index (χ4v) is 2.96. The highest BCUT2D eigenvalue weighted by atomic mass is 16.5. The van der Waals surface area contributed by atoms with Gasteiger partial charge in [-0.25, -0.2) is 4.98 Å². The summed E-state index contributed by atoms with van der Waals surface area (Å²) in [6.07, 6.45) is 5.45. The Balaban J connectivity index is 1.58. The van der Waals surface area contributed by atoms with Gasteiger partial charge in [-0.1, -0.05) is 18.2 Å². The van der Waals surface area contributed by atoms with Crippen molar-refractivity contribution in [3.63, 3.8) is 0 Å². The zero-order chi connectivity index (χ0) is 15.4. The number of likely N-dealkylation sites (tertiary alicyclic amines) is 1. The highest BCUT2D eigenvalue weighted by molar-refractivity contribution is 5.21. The Morgan fingerprint density at radius 2 is 2.14 bits per heavy atom. The van der Waals surface area contributed by atoms with Gasteiger partial charge in [0.05, 0.1) is 12.0 Å². The molecular weight excluding hydrogens is 278 g/mol. The van der Waals surface area contributed by atoms with Crippen LogP contribution in [0.25, 0.3) is 0 Å². The first-order valence-electron chi connectivity index (χ1n) is 7.72. The van der Waals surface area contributed by atoms with Crippen LogP contribution in [0.3, 0.4) is 0 Å². The van der Waals surface area contributed by atoms with Crippen LogP contribution in [0.15, 0.2) is 42.9 Å². The fraction of sp³-hybridized carbons (Fsp3) is 0.471. The van der Waals surface area contributed by atoms with E-state index < -0.39 is 5.60 Å². The second-order valence-corrected chi connectivity index (χ2v) is 6.14. The van der Waals surface area contributed by atoms with E-state index in [-0.39, 0.29) is 0 Å². The van der Waals surface area contributed by atoms with Gasteiger partial charge >= 0.3 is 0 Å². The number of β-amino-alcohol motifs (C(OH)–C–C–N with tert-alkyl or cyclic N) is 1. The molecule has 0 amide bonds. The Morgan fingerprint density at radius 3 is 2.86 bits per heavy atom. The standard InChI is InChI=1S/C17H23N3O2/c1-19-14-18-10-15(19)11-20-9-5-8-17(21,12-20)13-22-16-6-3-2-4-7-16/h2-4,6-7,10,14,21H,5,8-9,11-13H2,1H3/t17-/m0/s1. The lowest BCUT2D eigenvalue weighted by atomic mass is 9.93. The predicted molar refractivity (Wildman–Crippen MR) is 84.6 cm³/mol. The molecule has 0 radical (unpaired) electrons. The van der Waals surface area contributed by atoms with Gasteiger partial charge < -0.3 is 14.4 Å². The van der Waals surface area contributed by atoms with Crippen molar-refractivity contribution >= 4 is 0 Å². The Bertz CT molecular complexity index is 599. The topological polar surface area (TPSA) is 50.5 Å². The average Bonchev–Trinajstić information content (AvgIpc) is 2.92. The van der Waals surface area contributed by atoms with Crippen LogP contribution in [0.5, 0.6) is 5.75 Å². The molecule has 0 aliphatic carbocycles. The number of ether oxygens (including phenoxy) is 1. The van der Waals surface area contributed by atoms with Gasteiger partial charge in [-0.05, 0) is 31.5 Å². The summed E-state index contributed by atoms with van der Waals surface area (Å²) in [6, 6.07) is 9.67. The molecule has 1 aliphatic heterocycles. The quantitative estimate of drug-likeness (QED) is 0.915. The number of aryl methyl sites for hydroxylation is 1. The third-order valence-electron chi connectivity index (χ3n) is 4.19. The number of benzene rings is 1. The maximum atomic E-state index is 10.8. The van der Waals surface area contributed by atoms with Crippen molar-refractivity contribution in [1.82, 2.24) is 14.5 Å². The molecule has 0 unspecified atom stereocenters. The molecule has 1 saturated heterocycles. The van der Waals surface area contributed by atoms with Crippen LogP contribution in [0.1, 0.15) is 18.5 Å². The van der Waals surface area contributed by atoms with Crippen molar-refractivity contribution in [2.75, 3.05) is 19.7 Å². The minimum Gasteiger partial charge on any atom is -0.491 e. The van der Waals surface area contributed by atoms with Crippen molar-refractivity contribution < 1.29 is 9.84 Å². The van der Waals surface area contributed by atoms with E-state index in [1.54, 1.807) is 0 Å². The molecule has 118 valence electrons. The Kier molecular flexibility index (Phi) is 4.45. The molecule has 1 aromatic heterocycles. The third kappa shape index (κ3) is 3.67. The first-order chi connectivity index (χ1) is 10.6. The number of hydrogen-bond donors (Lipinski definition) is 1. The molecule has 5 heteroatoms. The summed E-state index contributed by atoms with van der Waals surface area (Å²) in [5.41, 5.74) is 0.375. The summed E-state index contributed by atoms with van der Waals surface area (Å²) in [5, 5.41) is 10.8. The van der Waals surface area contributed by atoms with Gasteiger partial charge in [-0.15, -0.1) is 0 Å². The maximum Gasteiger partial charge on any atom is 0.119 e. The van der Waals surface area contributed by atoms with Crippen molar-refractivity contribution in [3.05, 3.63) is 48.5 Å². The summed E-state index contributed by atoms with van der Waals surface area (Å²) >= 11 is 0. The predicted octanol–water partition coefficient (Wildman–Crippen LogP) is 1.83. The van der Waals surface area contributed by atoms with Crippen molar-refractivity contribution in [2.24, 2.45) is 7.05 Å². The van der Waals surface area contributed by atoms with Crippen LogP contribution in [0, 0.1) is 0 Å². The molecule has 0 spiro atoms. The number of rotatable bonds is 5. The lowest BCUT2D eigenvalue weighted by molar-refractivity contribution is -0.0624. The number of nitrogens with zero attached hydrogens (tertiary/aromatic N) is 3. The second kappa shape index (κ2) is 6.50. The number of piperidine rings is 1. The van der Waals surface area contributed by atoms with Crippen molar-refractivity contribution in [1.29, 1.82) is 0 Å². The first-order valence-corrected chi connectivity index (χ1v) is 7.72. The summed E-state index contributed by atoms with van der Waals surface area (Å²) in [6.45, 7) is 2.77. The third-order valence-corrected chi connectivity index (χ3v) is 4.19. The number of para-hydroxylation sites is 1. The SMILES string of the molecule is Cn1cncc1CN1CCC[C@@](O)(COc2ccccc2)C1. The zero-order valence-corrected chi connectivity index (χ0v) is 13.0. The number of hydrogen-bond acceptors (Lipinski definition) is 4. The normalized spacial score (nSPS) is 22.6. The summed E-state index contributed by atoms with van der Waals surface area (Å²) in [4.78, 5) is 6.42. The highest BCUT2D eigenvalue weighted by Crippen LogP contribution is 2.24. The van der Waals surface area contributed by atoms with E-state index in [4.69, 9.17) is 4.74 Å². The molecule has 0 saturated carbocycles. The smallest absolute Gasteiger partial charge is 0.119 e. The van der Waals surface area contributed by atoms with Crippen LogP contribution in [0.2, 0.25) is 0 Å². The molecule has 2 aromatic rings. The second-order valence-electron chi connectivity index (χ2n) is 6.14. The number of aliphatic hydroxyl groups is 1. The molecular formula is C17H23N3O2. The van der Waals surface area contributed by atoms with Crippen LogP contribution in [0.4, 0.5) is 0 Å². The van der Waals surface area contributed by atoms with E-state index >= 15 is 0 Å².